The third kappa shape index (κ3) is 1.73. The van der Waals surface area contributed by atoms with Crippen molar-refractivity contribution >= 4 is 5.91 Å². The normalized spacial score (nSPS) is 31.7. The number of benzene rings is 1. The number of hydrogen-bond acceptors (Lipinski definition) is 2. The monoisotopic (exact) mass is 283 g/mol. The zero-order valence-corrected chi connectivity index (χ0v) is 12.6. The fourth-order valence-corrected chi connectivity index (χ4v) is 4.32. The first-order valence-corrected chi connectivity index (χ1v) is 7.97. The molecule has 1 fully saturated rings. The molecule has 2 aliphatic heterocycles. The van der Waals surface area contributed by atoms with Crippen molar-refractivity contribution in [3.8, 4) is 0 Å². The van der Waals surface area contributed by atoms with E-state index < -0.39 is 0 Å². The molecule has 1 amide bonds. The Kier molecular flexibility index (Phi) is 2.93. The largest absolute Gasteiger partial charge is 0.364 e. The predicted octanol–water partition coefficient (Wildman–Crippen LogP) is 3.64. The number of unbranched alkanes of at least 4 members (excludes halogenated alkanes) is 1. The zero-order chi connectivity index (χ0) is 14.6. The Morgan fingerprint density at radius 2 is 1.86 bits per heavy atom. The molecule has 3 heteroatoms. The topological polar surface area (TPSA) is 38.3 Å². The molecular weight excluding hydrogens is 262 g/mol. The van der Waals surface area contributed by atoms with Crippen LogP contribution in [0.2, 0.25) is 0 Å². The minimum Gasteiger partial charge on any atom is -0.364 e. The maximum Gasteiger partial charge on any atom is 0.221 e. The van der Waals surface area contributed by atoms with Crippen molar-refractivity contribution in [3.63, 3.8) is 0 Å². The summed E-state index contributed by atoms with van der Waals surface area (Å²) in [7, 11) is 0. The van der Waals surface area contributed by atoms with E-state index in [1.54, 1.807) is 6.92 Å². The molecule has 3 unspecified atom stereocenters. The molecule has 1 aromatic carbocycles. The number of fused-ring (bicyclic) bond motifs is 8. The van der Waals surface area contributed by atoms with Gasteiger partial charge in [0.25, 0.3) is 0 Å². The van der Waals surface area contributed by atoms with Crippen LogP contribution < -0.4 is 5.32 Å². The predicted molar refractivity (Wildman–Crippen MR) is 80.4 cm³/mol. The lowest BCUT2D eigenvalue weighted by Crippen LogP contribution is -2.42. The van der Waals surface area contributed by atoms with E-state index in [1.165, 1.54) is 29.5 Å². The number of carbonyl (C=O) groups excluding carboxylic acids is 1. The standard InChI is InChI=1S/C18H21NO2/c1-3-4-7-13-14-15(16(13)19-10(2)20)18-12-9-6-5-8-11(12)17(14)21-18/h5-6,8-9,14-15,17-18H,3-4,7H2,1-2H3,(H,19,20)/t14?,15?,17-,18?/m1/s1. The van der Waals surface area contributed by atoms with Crippen LogP contribution in [-0.2, 0) is 9.53 Å². The molecule has 4 rings (SSSR count). The number of amides is 1. The van der Waals surface area contributed by atoms with Crippen LogP contribution in [0.1, 0.15) is 56.4 Å². The van der Waals surface area contributed by atoms with Gasteiger partial charge in [-0.05, 0) is 29.5 Å². The van der Waals surface area contributed by atoms with E-state index in [9.17, 15) is 4.79 Å². The van der Waals surface area contributed by atoms with Crippen molar-refractivity contribution in [2.24, 2.45) is 11.8 Å². The van der Waals surface area contributed by atoms with E-state index in [0.29, 0.717) is 11.8 Å². The van der Waals surface area contributed by atoms with Gasteiger partial charge in [-0.1, -0.05) is 37.6 Å². The lowest BCUT2D eigenvalue weighted by molar-refractivity contribution is -0.118. The first-order chi connectivity index (χ1) is 10.2. The quantitative estimate of drug-likeness (QED) is 0.916. The summed E-state index contributed by atoms with van der Waals surface area (Å²) in [5.74, 6) is 0.882. The van der Waals surface area contributed by atoms with Crippen molar-refractivity contribution < 1.29 is 9.53 Å². The maximum atomic E-state index is 11.5. The van der Waals surface area contributed by atoms with E-state index in [0.717, 1.165) is 12.1 Å². The summed E-state index contributed by atoms with van der Waals surface area (Å²) >= 11 is 0. The Bertz CT molecular complexity index is 634. The fourth-order valence-electron chi connectivity index (χ4n) is 4.32. The summed E-state index contributed by atoms with van der Waals surface area (Å²) in [4.78, 5) is 11.5. The second-order valence-corrected chi connectivity index (χ2v) is 6.38. The Morgan fingerprint density at radius 1 is 1.19 bits per heavy atom. The maximum absolute atomic E-state index is 11.5. The highest BCUT2D eigenvalue weighted by Crippen LogP contribution is 2.66. The Balaban J connectivity index is 1.69. The lowest BCUT2D eigenvalue weighted by atomic mass is 9.61. The van der Waals surface area contributed by atoms with Crippen LogP contribution >= 0.6 is 0 Å². The van der Waals surface area contributed by atoms with Crippen LogP contribution in [0.5, 0.6) is 0 Å². The molecule has 4 atom stereocenters. The van der Waals surface area contributed by atoms with E-state index in [4.69, 9.17) is 4.74 Å². The van der Waals surface area contributed by atoms with Gasteiger partial charge in [0.1, 0.15) is 0 Å². The molecule has 0 saturated carbocycles. The zero-order valence-electron chi connectivity index (χ0n) is 12.6. The average Bonchev–Trinajstić information content (AvgIpc) is 2.99. The van der Waals surface area contributed by atoms with E-state index in [-0.39, 0.29) is 18.1 Å². The minimum atomic E-state index is 0.0357. The summed E-state index contributed by atoms with van der Waals surface area (Å²) in [5.41, 5.74) is 5.27. The molecule has 0 radical (unpaired) electrons. The van der Waals surface area contributed by atoms with E-state index >= 15 is 0 Å². The molecule has 110 valence electrons. The SMILES string of the molecule is CCCCC1=C(NC(C)=O)C2C3O[C@H](c4ccccc43)C12. The van der Waals surface area contributed by atoms with Crippen molar-refractivity contribution in [2.45, 2.75) is 45.3 Å². The van der Waals surface area contributed by atoms with Crippen LogP contribution in [-0.4, -0.2) is 5.91 Å². The minimum absolute atomic E-state index is 0.0357. The summed E-state index contributed by atoms with van der Waals surface area (Å²) < 4.78 is 6.26. The van der Waals surface area contributed by atoms with Crippen LogP contribution in [0.4, 0.5) is 0 Å². The molecule has 0 aromatic heterocycles. The molecule has 21 heavy (non-hydrogen) atoms. The first-order valence-electron chi connectivity index (χ1n) is 7.97. The van der Waals surface area contributed by atoms with E-state index in [2.05, 4.69) is 36.5 Å². The smallest absolute Gasteiger partial charge is 0.221 e. The molecule has 2 bridgehead atoms. The number of hydrogen-bond donors (Lipinski definition) is 1. The van der Waals surface area contributed by atoms with Crippen molar-refractivity contribution in [2.75, 3.05) is 0 Å². The second-order valence-electron chi connectivity index (χ2n) is 6.38. The summed E-state index contributed by atoms with van der Waals surface area (Å²) in [5, 5.41) is 3.09. The van der Waals surface area contributed by atoms with Crippen molar-refractivity contribution in [3.05, 3.63) is 46.7 Å². The van der Waals surface area contributed by atoms with Gasteiger partial charge in [0.05, 0.1) is 12.2 Å². The van der Waals surface area contributed by atoms with Gasteiger partial charge < -0.3 is 10.1 Å². The number of carbonyl (C=O) groups is 1. The second kappa shape index (κ2) is 4.70. The summed E-state index contributed by atoms with van der Waals surface area (Å²) in [6.07, 6.45) is 3.80. The number of ether oxygens (including phenoxy) is 1. The molecule has 3 aliphatic rings. The van der Waals surface area contributed by atoms with Crippen molar-refractivity contribution in [1.82, 2.24) is 5.32 Å². The van der Waals surface area contributed by atoms with Gasteiger partial charge in [-0.25, -0.2) is 0 Å². The third-order valence-corrected chi connectivity index (χ3v) is 5.13. The number of nitrogens with one attached hydrogen (secondary N) is 1. The Morgan fingerprint density at radius 3 is 2.48 bits per heavy atom. The highest BCUT2D eigenvalue weighted by atomic mass is 16.5. The van der Waals surface area contributed by atoms with Gasteiger partial charge >= 0.3 is 0 Å². The third-order valence-electron chi connectivity index (χ3n) is 5.13. The number of rotatable bonds is 4. The van der Waals surface area contributed by atoms with Gasteiger partial charge in [0.15, 0.2) is 0 Å². The highest BCUT2D eigenvalue weighted by molar-refractivity contribution is 5.76. The van der Waals surface area contributed by atoms with E-state index in [1.807, 2.05) is 0 Å². The Labute approximate surface area is 125 Å². The fraction of sp³-hybridized carbons (Fsp3) is 0.500. The van der Waals surface area contributed by atoms with Crippen molar-refractivity contribution in [1.29, 1.82) is 0 Å². The lowest BCUT2D eigenvalue weighted by Gasteiger charge is -2.43. The Hall–Kier alpha value is -1.61. The summed E-state index contributed by atoms with van der Waals surface area (Å²) in [6, 6.07) is 8.55. The molecule has 1 aromatic rings. The van der Waals surface area contributed by atoms with Crippen LogP contribution in [0.25, 0.3) is 0 Å². The molecule has 3 nitrogen and oxygen atoms in total. The van der Waals surface area contributed by atoms with Crippen LogP contribution in [0.15, 0.2) is 35.5 Å². The first kappa shape index (κ1) is 13.1. The molecule has 1 aliphatic carbocycles. The molecule has 0 spiro atoms. The molecule has 2 heterocycles. The highest BCUT2D eigenvalue weighted by Gasteiger charge is 2.60. The van der Waals surface area contributed by atoms with Gasteiger partial charge in [0, 0.05) is 24.5 Å². The van der Waals surface area contributed by atoms with Gasteiger partial charge in [-0.3, -0.25) is 4.79 Å². The van der Waals surface area contributed by atoms with Gasteiger partial charge in [-0.2, -0.15) is 0 Å². The molecular formula is C18H21NO2. The van der Waals surface area contributed by atoms with Crippen LogP contribution in [0, 0.1) is 11.8 Å². The molecule has 1 saturated heterocycles. The average molecular weight is 283 g/mol. The van der Waals surface area contributed by atoms with Crippen LogP contribution in [0.3, 0.4) is 0 Å². The molecule has 1 N–H and O–H groups in total. The van der Waals surface area contributed by atoms with Gasteiger partial charge in [0.2, 0.25) is 5.91 Å². The summed E-state index contributed by atoms with van der Waals surface area (Å²) in [6.45, 7) is 3.81. The van der Waals surface area contributed by atoms with Gasteiger partial charge in [-0.15, -0.1) is 0 Å².